The molecule has 2 N–H and O–H groups in total. The third-order valence-corrected chi connectivity index (χ3v) is 5.78. The summed E-state index contributed by atoms with van der Waals surface area (Å²) in [5.74, 6) is -0.698. The molecule has 7 heteroatoms. The second-order valence-corrected chi connectivity index (χ2v) is 7.79. The number of hydrogen-bond acceptors (Lipinski definition) is 3. The Balaban J connectivity index is 1.71. The highest BCUT2D eigenvalue weighted by molar-refractivity contribution is 6.31. The van der Waals surface area contributed by atoms with E-state index in [2.05, 4.69) is 5.32 Å². The van der Waals surface area contributed by atoms with E-state index in [9.17, 15) is 14.3 Å². The number of aromatic nitrogens is 1. The van der Waals surface area contributed by atoms with Crippen LogP contribution in [0.4, 0.5) is 4.39 Å². The van der Waals surface area contributed by atoms with Crippen LogP contribution in [0.1, 0.15) is 27.2 Å². The zero-order valence-electron chi connectivity index (χ0n) is 17.4. The van der Waals surface area contributed by atoms with E-state index in [0.717, 1.165) is 22.2 Å². The Morgan fingerprint density at radius 2 is 1.81 bits per heavy atom. The van der Waals surface area contributed by atoms with E-state index in [1.54, 1.807) is 17.7 Å². The second-order valence-electron chi connectivity index (χ2n) is 7.39. The number of carbonyl (C=O) groups is 1. The maximum Gasteiger partial charge on any atom is 0.352 e. The summed E-state index contributed by atoms with van der Waals surface area (Å²) in [5.41, 5.74) is 3.26. The van der Waals surface area contributed by atoms with Crippen LogP contribution in [0, 0.1) is 5.82 Å². The Morgan fingerprint density at radius 1 is 1.06 bits per heavy atom. The Labute approximate surface area is 190 Å². The molecule has 0 saturated heterocycles. The number of nitrogens with zero attached hydrogens (tertiary/aromatic N) is 1. The van der Waals surface area contributed by atoms with Crippen molar-refractivity contribution in [2.45, 2.75) is 19.6 Å². The smallest absolute Gasteiger partial charge is 0.352 e. The maximum absolute atomic E-state index is 13.5. The number of halogens is 2. The van der Waals surface area contributed by atoms with E-state index in [4.69, 9.17) is 16.3 Å². The van der Waals surface area contributed by atoms with Crippen LogP contribution in [-0.2, 0) is 19.6 Å². The predicted octanol–water partition coefficient (Wildman–Crippen LogP) is 5.48. The van der Waals surface area contributed by atoms with Gasteiger partial charge in [0.2, 0.25) is 0 Å². The SMILES string of the molecule is COc1ccccc1CNCc1c(C(=O)O)n(Cc2ccc(F)cc2Cl)c2ccccc12. The molecule has 3 aromatic carbocycles. The molecule has 32 heavy (non-hydrogen) atoms. The molecule has 0 amide bonds. The second kappa shape index (κ2) is 9.42. The van der Waals surface area contributed by atoms with Crippen molar-refractivity contribution in [1.29, 1.82) is 0 Å². The van der Waals surface area contributed by atoms with E-state index in [1.807, 2.05) is 48.5 Å². The highest BCUT2D eigenvalue weighted by atomic mass is 35.5. The fourth-order valence-electron chi connectivity index (χ4n) is 3.95. The van der Waals surface area contributed by atoms with Gasteiger partial charge in [0.15, 0.2) is 0 Å². The van der Waals surface area contributed by atoms with Gasteiger partial charge < -0.3 is 19.7 Å². The first kappa shape index (κ1) is 21.9. The molecule has 0 unspecified atom stereocenters. The molecule has 0 atom stereocenters. The van der Waals surface area contributed by atoms with Crippen LogP contribution in [0.15, 0.2) is 66.7 Å². The minimum absolute atomic E-state index is 0.180. The van der Waals surface area contributed by atoms with E-state index in [-0.39, 0.29) is 17.3 Å². The number of carboxylic acid groups (broad SMARTS) is 1. The minimum Gasteiger partial charge on any atom is -0.496 e. The van der Waals surface area contributed by atoms with Crippen molar-refractivity contribution in [2.24, 2.45) is 0 Å². The maximum atomic E-state index is 13.5. The summed E-state index contributed by atoms with van der Waals surface area (Å²) in [7, 11) is 1.62. The quantitative estimate of drug-likeness (QED) is 0.371. The zero-order valence-corrected chi connectivity index (χ0v) is 18.2. The lowest BCUT2D eigenvalue weighted by molar-refractivity contribution is 0.0684. The van der Waals surface area contributed by atoms with Crippen molar-refractivity contribution >= 4 is 28.5 Å². The van der Waals surface area contributed by atoms with Gasteiger partial charge in [-0.25, -0.2) is 9.18 Å². The van der Waals surface area contributed by atoms with Crippen LogP contribution < -0.4 is 10.1 Å². The molecule has 0 aliphatic rings. The fraction of sp³-hybridized carbons (Fsp3) is 0.160. The number of methoxy groups -OCH3 is 1. The van der Waals surface area contributed by atoms with Crippen molar-refractivity contribution in [1.82, 2.24) is 9.88 Å². The van der Waals surface area contributed by atoms with Gasteiger partial charge in [-0.3, -0.25) is 0 Å². The Hall–Kier alpha value is -3.35. The third-order valence-electron chi connectivity index (χ3n) is 5.43. The molecule has 164 valence electrons. The standard InChI is InChI=1S/C25H22ClFN2O3/c1-32-23-9-5-2-6-16(23)13-28-14-20-19-7-3-4-8-22(19)29(24(20)25(30)31)15-17-10-11-18(27)12-21(17)26/h2-12,28H,13-15H2,1H3,(H,30,31). The van der Waals surface area contributed by atoms with Gasteiger partial charge in [0.1, 0.15) is 17.3 Å². The van der Waals surface area contributed by atoms with Gasteiger partial charge in [0.25, 0.3) is 0 Å². The molecule has 1 aromatic heterocycles. The lowest BCUT2D eigenvalue weighted by Crippen LogP contribution is -2.17. The van der Waals surface area contributed by atoms with Crippen LogP contribution in [0.2, 0.25) is 5.02 Å². The topological polar surface area (TPSA) is 63.5 Å². The number of fused-ring (bicyclic) bond motifs is 1. The summed E-state index contributed by atoms with van der Waals surface area (Å²) in [6.45, 7) is 1.09. The molecule has 0 radical (unpaired) electrons. The summed E-state index contributed by atoms with van der Waals surface area (Å²) in [4.78, 5) is 12.3. The van der Waals surface area contributed by atoms with Crippen LogP contribution >= 0.6 is 11.6 Å². The van der Waals surface area contributed by atoms with Crippen LogP contribution in [0.25, 0.3) is 10.9 Å². The molecule has 0 spiro atoms. The molecular weight excluding hydrogens is 431 g/mol. The molecule has 0 fully saturated rings. The van der Waals surface area contributed by atoms with Gasteiger partial charge in [-0.15, -0.1) is 0 Å². The number of nitrogens with one attached hydrogen (secondary N) is 1. The predicted molar refractivity (Wildman–Crippen MR) is 123 cm³/mol. The van der Waals surface area contributed by atoms with Crippen molar-refractivity contribution in [3.05, 3.63) is 100.0 Å². The van der Waals surface area contributed by atoms with Gasteiger partial charge in [-0.2, -0.15) is 0 Å². The zero-order chi connectivity index (χ0) is 22.7. The summed E-state index contributed by atoms with van der Waals surface area (Å²) in [6, 6.07) is 19.4. The van der Waals surface area contributed by atoms with E-state index in [1.165, 1.54) is 12.1 Å². The van der Waals surface area contributed by atoms with E-state index in [0.29, 0.717) is 24.2 Å². The van der Waals surface area contributed by atoms with Crippen LogP contribution in [0.3, 0.4) is 0 Å². The van der Waals surface area contributed by atoms with Gasteiger partial charge in [0.05, 0.1) is 7.11 Å². The van der Waals surface area contributed by atoms with Gasteiger partial charge in [-0.1, -0.05) is 54.1 Å². The Kier molecular flexibility index (Phi) is 6.44. The number of ether oxygens (including phenoxy) is 1. The highest BCUT2D eigenvalue weighted by Crippen LogP contribution is 2.29. The average molecular weight is 453 g/mol. The van der Waals surface area contributed by atoms with E-state index < -0.39 is 11.8 Å². The van der Waals surface area contributed by atoms with Gasteiger partial charge >= 0.3 is 5.97 Å². The summed E-state index contributed by atoms with van der Waals surface area (Å²) in [5, 5.41) is 14.5. The number of aromatic carboxylic acids is 1. The largest absolute Gasteiger partial charge is 0.496 e. The number of carboxylic acids is 1. The molecule has 4 aromatic rings. The summed E-state index contributed by atoms with van der Waals surface area (Å²) >= 11 is 6.22. The number of para-hydroxylation sites is 2. The van der Waals surface area contributed by atoms with Crippen molar-refractivity contribution in [3.8, 4) is 5.75 Å². The van der Waals surface area contributed by atoms with E-state index >= 15 is 0 Å². The molecule has 0 bridgehead atoms. The summed E-state index contributed by atoms with van der Waals surface area (Å²) < 4.78 is 20.6. The molecule has 4 rings (SSSR count). The Morgan fingerprint density at radius 3 is 2.56 bits per heavy atom. The first-order chi connectivity index (χ1) is 15.5. The monoisotopic (exact) mass is 452 g/mol. The number of benzene rings is 3. The fourth-order valence-corrected chi connectivity index (χ4v) is 4.18. The van der Waals surface area contributed by atoms with Crippen molar-refractivity contribution in [2.75, 3.05) is 7.11 Å². The van der Waals surface area contributed by atoms with Crippen molar-refractivity contribution in [3.63, 3.8) is 0 Å². The number of rotatable bonds is 8. The lowest BCUT2D eigenvalue weighted by atomic mass is 10.1. The van der Waals surface area contributed by atoms with Gasteiger partial charge in [-0.05, 0) is 29.8 Å². The third kappa shape index (κ3) is 4.33. The molecular formula is C25H22ClFN2O3. The van der Waals surface area contributed by atoms with Crippen molar-refractivity contribution < 1.29 is 19.0 Å². The molecule has 0 aliphatic carbocycles. The summed E-state index contributed by atoms with van der Waals surface area (Å²) in [6.07, 6.45) is 0. The molecule has 5 nitrogen and oxygen atoms in total. The highest BCUT2D eigenvalue weighted by Gasteiger charge is 2.22. The first-order valence-electron chi connectivity index (χ1n) is 10.1. The normalized spacial score (nSPS) is 11.1. The van der Waals surface area contributed by atoms with Crippen LogP contribution in [0.5, 0.6) is 5.75 Å². The van der Waals surface area contributed by atoms with Crippen LogP contribution in [-0.4, -0.2) is 22.8 Å². The minimum atomic E-state index is -1.03. The number of hydrogen-bond donors (Lipinski definition) is 2. The first-order valence-corrected chi connectivity index (χ1v) is 10.5. The molecule has 0 aliphatic heterocycles. The average Bonchev–Trinajstić information content (AvgIpc) is 3.09. The van der Waals surface area contributed by atoms with Gasteiger partial charge in [0, 0.05) is 46.7 Å². The molecule has 0 saturated carbocycles. The Bertz CT molecular complexity index is 1290. The molecule has 1 heterocycles. The lowest BCUT2D eigenvalue weighted by Gasteiger charge is -2.12.